The molecule has 0 saturated heterocycles. The number of aromatic nitrogens is 3. The summed E-state index contributed by atoms with van der Waals surface area (Å²) < 4.78 is 1.89. The summed E-state index contributed by atoms with van der Waals surface area (Å²) in [7, 11) is 0. The Hall–Kier alpha value is -3.66. The Morgan fingerprint density at radius 1 is 1.03 bits per heavy atom. The second-order valence-corrected chi connectivity index (χ2v) is 8.81. The average molecular weight is 482 g/mol. The van der Waals surface area contributed by atoms with Gasteiger partial charge in [0.05, 0.1) is 17.4 Å². The number of thioether (sulfide) groups is 1. The molecule has 178 valence electrons. The predicted octanol–water partition coefficient (Wildman–Crippen LogP) is 3.85. The highest BCUT2D eigenvalue weighted by molar-refractivity contribution is 7.99. The van der Waals surface area contributed by atoms with Crippen LogP contribution in [-0.4, -0.2) is 43.4 Å². The van der Waals surface area contributed by atoms with Crippen LogP contribution < -0.4 is 10.6 Å². The molecular formula is C24H27N5O4S. The van der Waals surface area contributed by atoms with Crippen molar-refractivity contribution in [1.82, 2.24) is 20.1 Å². The molecule has 0 unspecified atom stereocenters. The van der Waals surface area contributed by atoms with Crippen LogP contribution in [0.2, 0.25) is 0 Å². The van der Waals surface area contributed by atoms with Crippen LogP contribution in [0.3, 0.4) is 0 Å². The first-order valence-electron chi connectivity index (χ1n) is 10.8. The first-order valence-corrected chi connectivity index (χ1v) is 11.8. The lowest BCUT2D eigenvalue weighted by Crippen LogP contribution is -2.33. The van der Waals surface area contributed by atoms with E-state index in [2.05, 4.69) is 20.8 Å². The first kappa shape index (κ1) is 25.0. The van der Waals surface area contributed by atoms with E-state index < -0.39 is 5.97 Å². The summed E-state index contributed by atoms with van der Waals surface area (Å²) >= 11 is 1.22. The zero-order chi connectivity index (χ0) is 24.7. The maximum Gasteiger partial charge on any atom is 0.335 e. The van der Waals surface area contributed by atoms with Crippen molar-refractivity contribution in [3.63, 3.8) is 0 Å². The maximum atomic E-state index is 12.7. The second-order valence-electron chi connectivity index (χ2n) is 7.87. The number of rotatable bonds is 10. The molecular weight excluding hydrogens is 454 g/mol. The number of benzene rings is 2. The third kappa shape index (κ3) is 6.22. The van der Waals surface area contributed by atoms with Gasteiger partial charge in [-0.25, -0.2) is 4.79 Å². The number of anilines is 1. The Morgan fingerprint density at radius 2 is 1.74 bits per heavy atom. The fraction of sp³-hybridized carbons (Fsp3) is 0.292. The van der Waals surface area contributed by atoms with E-state index in [9.17, 15) is 14.4 Å². The van der Waals surface area contributed by atoms with Gasteiger partial charge >= 0.3 is 5.97 Å². The van der Waals surface area contributed by atoms with Crippen molar-refractivity contribution >= 4 is 35.2 Å². The molecule has 0 radical (unpaired) electrons. The number of carboxylic acids is 1. The minimum atomic E-state index is -1.06. The van der Waals surface area contributed by atoms with Gasteiger partial charge in [-0.1, -0.05) is 49.9 Å². The lowest BCUT2D eigenvalue weighted by atomic mass is 10.0. The summed E-state index contributed by atoms with van der Waals surface area (Å²) in [5.74, 6) is -0.797. The average Bonchev–Trinajstić information content (AvgIpc) is 3.24. The topological polar surface area (TPSA) is 126 Å². The predicted molar refractivity (Wildman–Crippen MR) is 130 cm³/mol. The van der Waals surface area contributed by atoms with E-state index in [1.165, 1.54) is 23.9 Å². The Bertz CT molecular complexity index is 1160. The van der Waals surface area contributed by atoms with Gasteiger partial charge in [0, 0.05) is 17.8 Å². The van der Waals surface area contributed by atoms with Crippen molar-refractivity contribution in [2.45, 2.75) is 38.5 Å². The van der Waals surface area contributed by atoms with Crippen LogP contribution in [0.15, 0.2) is 59.8 Å². The van der Waals surface area contributed by atoms with Crippen LogP contribution in [0.4, 0.5) is 5.69 Å². The third-order valence-electron chi connectivity index (χ3n) is 5.05. The van der Waals surface area contributed by atoms with Gasteiger partial charge in [-0.05, 0) is 43.2 Å². The quantitative estimate of drug-likeness (QED) is 0.375. The molecule has 0 fully saturated rings. The number of hydrogen-bond donors (Lipinski definition) is 3. The molecule has 0 bridgehead atoms. The van der Waals surface area contributed by atoms with E-state index in [-0.39, 0.29) is 35.1 Å². The van der Waals surface area contributed by atoms with Gasteiger partial charge in [0.15, 0.2) is 11.0 Å². The van der Waals surface area contributed by atoms with Gasteiger partial charge in [0.25, 0.3) is 5.91 Å². The van der Waals surface area contributed by atoms with E-state index in [1.54, 1.807) is 24.3 Å². The van der Waals surface area contributed by atoms with E-state index in [0.717, 1.165) is 0 Å². The maximum absolute atomic E-state index is 12.7. The van der Waals surface area contributed by atoms with Gasteiger partial charge in [-0.3, -0.25) is 9.59 Å². The highest BCUT2D eigenvalue weighted by atomic mass is 32.2. The lowest BCUT2D eigenvalue weighted by Gasteiger charge is -2.22. The van der Waals surface area contributed by atoms with E-state index in [1.807, 2.05) is 43.5 Å². The number of nitrogens with zero attached hydrogens (tertiary/aromatic N) is 3. The SMILES string of the molecule is CCn1c(SCC(=O)Nc2cccc(C(=O)O)c2)nnc1[C@H](NC(=O)c1ccccc1)C(C)C. The summed E-state index contributed by atoms with van der Waals surface area (Å²) in [4.78, 5) is 36.3. The molecule has 2 amide bonds. The molecule has 1 aromatic heterocycles. The van der Waals surface area contributed by atoms with Crippen molar-refractivity contribution in [1.29, 1.82) is 0 Å². The minimum Gasteiger partial charge on any atom is -0.478 e. The molecule has 2 aromatic carbocycles. The van der Waals surface area contributed by atoms with Crippen molar-refractivity contribution in [2.75, 3.05) is 11.1 Å². The summed E-state index contributed by atoms with van der Waals surface area (Å²) in [5, 5.41) is 24.0. The molecule has 0 aliphatic rings. The molecule has 3 rings (SSSR count). The number of hydrogen-bond acceptors (Lipinski definition) is 6. The highest BCUT2D eigenvalue weighted by Crippen LogP contribution is 2.25. The number of nitrogens with one attached hydrogen (secondary N) is 2. The highest BCUT2D eigenvalue weighted by Gasteiger charge is 2.26. The molecule has 0 aliphatic carbocycles. The van der Waals surface area contributed by atoms with Crippen LogP contribution in [0, 0.1) is 5.92 Å². The fourth-order valence-electron chi connectivity index (χ4n) is 3.33. The zero-order valence-corrected chi connectivity index (χ0v) is 20.0. The fourth-order valence-corrected chi connectivity index (χ4v) is 4.14. The van der Waals surface area contributed by atoms with Crippen molar-refractivity contribution in [3.05, 3.63) is 71.5 Å². The van der Waals surface area contributed by atoms with Gasteiger partial charge in [-0.2, -0.15) is 0 Å². The first-order chi connectivity index (χ1) is 16.3. The zero-order valence-electron chi connectivity index (χ0n) is 19.2. The smallest absolute Gasteiger partial charge is 0.335 e. The molecule has 0 saturated carbocycles. The Morgan fingerprint density at radius 3 is 2.38 bits per heavy atom. The largest absolute Gasteiger partial charge is 0.478 e. The normalized spacial score (nSPS) is 11.8. The molecule has 1 atom stereocenters. The van der Waals surface area contributed by atoms with Crippen molar-refractivity contribution < 1.29 is 19.5 Å². The molecule has 3 N–H and O–H groups in total. The Kier molecular flexibility index (Phi) is 8.42. The van der Waals surface area contributed by atoms with E-state index >= 15 is 0 Å². The standard InChI is InChI=1S/C24H27N5O4S/c1-4-29-21(20(15(2)3)26-22(31)16-9-6-5-7-10-16)27-28-24(29)34-14-19(30)25-18-12-8-11-17(13-18)23(32)33/h5-13,15,20H,4,14H2,1-3H3,(H,25,30)(H,26,31)(H,32,33)/t20-/m1/s1. The number of carbonyl (C=O) groups excluding carboxylic acids is 2. The molecule has 9 nitrogen and oxygen atoms in total. The van der Waals surface area contributed by atoms with Gasteiger partial charge in [0.2, 0.25) is 5.91 Å². The van der Waals surface area contributed by atoms with Gasteiger partial charge in [0.1, 0.15) is 0 Å². The molecule has 1 heterocycles. The third-order valence-corrected chi connectivity index (χ3v) is 6.02. The number of carbonyl (C=O) groups is 3. The number of carboxylic acid groups (broad SMARTS) is 1. The molecule has 3 aromatic rings. The summed E-state index contributed by atoms with van der Waals surface area (Å²) in [5.41, 5.74) is 1.07. The summed E-state index contributed by atoms with van der Waals surface area (Å²) in [6, 6.07) is 14.7. The molecule has 0 spiro atoms. The molecule has 34 heavy (non-hydrogen) atoms. The lowest BCUT2D eigenvalue weighted by molar-refractivity contribution is -0.113. The van der Waals surface area contributed by atoms with Crippen LogP contribution in [0.5, 0.6) is 0 Å². The van der Waals surface area contributed by atoms with E-state index in [4.69, 9.17) is 5.11 Å². The monoisotopic (exact) mass is 481 g/mol. The summed E-state index contributed by atoms with van der Waals surface area (Å²) in [6.07, 6.45) is 0. The minimum absolute atomic E-state index is 0.0600. The second kappa shape index (κ2) is 11.5. The Balaban J connectivity index is 1.69. The van der Waals surface area contributed by atoms with Crippen molar-refractivity contribution in [2.24, 2.45) is 5.92 Å². The van der Waals surface area contributed by atoms with Crippen LogP contribution in [0.1, 0.15) is 53.4 Å². The Labute approximate surface area is 202 Å². The van der Waals surface area contributed by atoms with Gasteiger partial charge in [-0.15, -0.1) is 10.2 Å². The van der Waals surface area contributed by atoms with Crippen LogP contribution in [0.25, 0.3) is 0 Å². The van der Waals surface area contributed by atoms with Crippen molar-refractivity contribution in [3.8, 4) is 0 Å². The number of amides is 2. The van der Waals surface area contributed by atoms with E-state index in [0.29, 0.717) is 28.8 Å². The van der Waals surface area contributed by atoms with Gasteiger partial charge < -0.3 is 20.3 Å². The molecule has 0 aliphatic heterocycles. The van der Waals surface area contributed by atoms with Crippen LogP contribution in [-0.2, 0) is 11.3 Å². The van der Waals surface area contributed by atoms with Crippen LogP contribution >= 0.6 is 11.8 Å². The summed E-state index contributed by atoms with van der Waals surface area (Å²) in [6.45, 7) is 6.51. The number of aromatic carboxylic acids is 1. The molecule has 10 heteroatoms.